The van der Waals surface area contributed by atoms with Gasteiger partial charge in [0, 0.05) is 6.54 Å². The van der Waals surface area contributed by atoms with Crippen LogP contribution in [0, 0.1) is 0 Å². The molecule has 7 nitrogen and oxygen atoms in total. The molecule has 1 aromatic heterocycles. The lowest BCUT2D eigenvalue weighted by Gasteiger charge is -2.31. The van der Waals surface area contributed by atoms with Crippen molar-refractivity contribution in [3.63, 3.8) is 0 Å². The van der Waals surface area contributed by atoms with Gasteiger partial charge in [0.25, 0.3) is 0 Å². The van der Waals surface area contributed by atoms with Crippen molar-refractivity contribution >= 4 is 11.8 Å². The van der Waals surface area contributed by atoms with Gasteiger partial charge in [-0.1, -0.05) is 65.9 Å². The molecule has 158 valence electrons. The summed E-state index contributed by atoms with van der Waals surface area (Å²) in [5.74, 6) is 0.0550. The van der Waals surface area contributed by atoms with E-state index in [2.05, 4.69) is 15.6 Å². The number of fused-ring (bicyclic) bond motifs is 1. The van der Waals surface area contributed by atoms with Gasteiger partial charge in [0.05, 0.1) is 24.2 Å². The van der Waals surface area contributed by atoms with Crippen molar-refractivity contribution in [1.29, 1.82) is 0 Å². The van der Waals surface area contributed by atoms with Gasteiger partial charge in [-0.2, -0.15) is 0 Å². The molecule has 1 unspecified atom stereocenters. The van der Waals surface area contributed by atoms with Crippen LogP contribution in [0.3, 0.4) is 0 Å². The van der Waals surface area contributed by atoms with E-state index in [9.17, 15) is 9.59 Å². The van der Waals surface area contributed by atoms with Crippen molar-refractivity contribution in [2.24, 2.45) is 0 Å². The highest BCUT2D eigenvalue weighted by molar-refractivity contribution is 5.91. The first-order valence-corrected chi connectivity index (χ1v) is 10.7. The van der Waals surface area contributed by atoms with Crippen LogP contribution >= 0.6 is 0 Å². The number of nitrogens with one attached hydrogen (secondary N) is 1. The molecule has 3 aromatic rings. The maximum atomic E-state index is 13.0. The van der Waals surface area contributed by atoms with Gasteiger partial charge in [0.2, 0.25) is 11.8 Å². The van der Waals surface area contributed by atoms with Crippen LogP contribution in [-0.4, -0.2) is 31.7 Å². The van der Waals surface area contributed by atoms with E-state index in [1.165, 1.54) is 0 Å². The molecule has 2 amide bonds. The van der Waals surface area contributed by atoms with Crippen molar-refractivity contribution in [3.05, 3.63) is 83.2 Å². The summed E-state index contributed by atoms with van der Waals surface area (Å²) < 4.78 is 1.69. The molecule has 31 heavy (non-hydrogen) atoms. The van der Waals surface area contributed by atoms with Gasteiger partial charge in [0.15, 0.2) is 0 Å². The van der Waals surface area contributed by atoms with E-state index in [0.717, 1.165) is 35.4 Å². The Kier molecular flexibility index (Phi) is 4.81. The van der Waals surface area contributed by atoms with E-state index in [0.29, 0.717) is 19.6 Å². The summed E-state index contributed by atoms with van der Waals surface area (Å²) in [5, 5.41) is 11.6. The van der Waals surface area contributed by atoms with E-state index in [1.807, 2.05) is 72.5 Å². The van der Waals surface area contributed by atoms with E-state index in [4.69, 9.17) is 0 Å². The second kappa shape index (κ2) is 7.65. The Hall–Kier alpha value is -3.48. The number of hydrogen-bond acceptors (Lipinski definition) is 4. The molecule has 5 rings (SSSR count). The topological polar surface area (TPSA) is 80.1 Å². The molecule has 1 aliphatic heterocycles. The largest absolute Gasteiger partial charge is 0.350 e. The predicted molar refractivity (Wildman–Crippen MR) is 115 cm³/mol. The first-order chi connectivity index (χ1) is 15.1. The molecule has 2 aliphatic rings. The number of carbonyl (C=O) groups excluding carboxylic acids is 2. The van der Waals surface area contributed by atoms with Crippen molar-refractivity contribution < 1.29 is 9.59 Å². The molecular weight excluding hydrogens is 390 g/mol. The van der Waals surface area contributed by atoms with Crippen LogP contribution in [0.4, 0.5) is 0 Å². The average molecular weight is 415 g/mol. The van der Waals surface area contributed by atoms with E-state index in [1.54, 1.807) is 4.68 Å². The van der Waals surface area contributed by atoms with Crippen LogP contribution in [0.2, 0.25) is 0 Å². The van der Waals surface area contributed by atoms with Crippen LogP contribution in [0.25, 0.3) is 0 Å². The first-order valence-electron chi connectivity index (χ1n) is 10.7. The fraction of sp³-hybridized carbons (Fsp3) is 0.333. The second-order valence-corrected chi connectivity index (χ2v) is 8.41. The minimum Gasteiger partial charge on any atom is -0.350 e. The Morgan fingerprint density at radius 3 is 2.45 bits per heavy atom. The van der Waals surface area contributed by atoms with Gasteiger partial charge in [-0.15, -0.1) is 5.10 Å². The van der Waals surface area contributed by atoms with Gasteiger partial charge in [0.1, 0.15) is 11.7 Å². The molecule has 0 bridgehead atoms. The third kappa shape index (κ3) is 3.50. The SMILES string of the molecule is CC1C(=O)N(Cc2ccccc2)Cc2c(CNC(=O)C3(c4ccccc4)CC3)nnn21. The summed E-state index contributed by atoms with van der Waals surface area (Å²) >= 11 is 0. The van der Waals surface area contributed by atoms with Gasteiger partial charge < -0.3 is 10.2 Å². The summed E-state index contributed by atoms with van der Waals surface area (Å²) in [4.78, 5) is 27.6. The van der Waals surface area contributed by atoms with E-state index in [-0.39, 0.29) is 11.8 Å². The highest BCUT2D eigenvalue weighted by Gasteiger charge is 2.51. The van der Waals surface area contributed by atoms with Crippen LogP contribution in [0.5, 0.6) is 0 Å². The van der Waals surface area contributed by atoms with Crippen LogP contribution in [-0.2, 0) is 34.6 Å². The number of carbonyl (C=O) groups is 2. The molecule has 1 N–H and O–H groups in total. The Labute approximate surface area is 181 Å². The van der Waals surface area contributed by atoms with Crippen LogP contribution < -0.4 is 5.32 Å². The number of aromatic nitrogens is 3. The van der Waals surface area contributed by atoms with E-state index < -0.39 is 11.5 Å². The Morgan fingerprint density at radius 1 is 1.10 bits per heavy atom. The summed E-state index contributed by atoms with van der Waals surface area (Å²) in [5.41, 5.74) is 3.32. The highest BCUT2D eigenvalue weighted by atomic mass is 16.2. The average Bonchev–Trinajstić information content (AvgIpc) is 3.52. The number of hydrogen-bond donors (Lipinski definition) is 1. The van der Waals surface area contributed by atoms with Crippen molar-refractivity contribution in [3.8, 4) is 0 Å². The third-order valence-electron chi connectivity index (χ3n) is 6.39. The monoisotopic (exact) mass is 415 g/mol. The number of rotatable bonds is 6. The molecule has 0 spiro atoms. The van der Waals surface area contributed by atoms with Crippen LogP contribution in [0.1, 0.15) is 48.3 Å². The zero-order valence-electron chi connectivity index (χ0n) is 17.5. The zero-order valence-corrected chi connectivity index (χ0v) is 17.5. The fourth-order valence-electron chi connectivity index (χ4n) is 4.39. The smallest absolute Gasteiger partial charge is 0.247 e. The number of benzene rings is 2. The maximum absolute atomic E-state index is 13.0. The quantitative estimate of drug-likeness (QED) is 0.671. The highest BCUT2D eigenvalue weighted by Crippen LogP contribution is 2.48. The van der Waals surface area contributed by atoms with E-state index >= 15 is 0 Å². The molecule has 1 saturated carbocycles. The lowest BCUT2D eigenvalue weighted by Crippen LogP contribution is -2.42. The molecule has 0 radical (unpaired) electrons. The first kappa shape index (κ1) is 19.5. The molecule has 0 saturated heterocycles. The molecule has 1 atom stereocenters. The minimum atomic E-state index is -0.420. The molecule has 7 heteroatoms. The Balaban J connectivity index is 1.31. The standard InChI is InChI=1S/C24H25N5O2/c1-17-22(30)28(15-18-8-4-2-5-9-18)16-21-20(26-27-29(17)21)14-25-23(31)24(12-13-24)19-10-6-3-7-11-19/h2-11,17H,12-16H2,1H3,(H,25,31). The zero-order chi connectivity index (χ0) is 21.4. The fourth-order valence-corrected chi connectivity index (χ4v) is 4.39. The molecule has 2 heterocycles. The molecule has 2 aromatic carbocycles. The third-order valence-corrected chi connectivity index (χ3v) is 6.39. The van der Waals surface area contributed by atoms with Crippen molar-refractivity contribution in [2.45, 2.75) is 50.9 Å². The van der Waals surface area contributed by atoms with Gasteiger partial charge in [-0.05, 0) is 30.9 Å². The lowest BCUT2D eigenvalue weighted by atomic mass is 9.95. The van der Waals surface area contributed by atoms with Gasteiger partial charge in [-0.25, -0.2) is 4.68 Å². The lowest BCUT2D eigenvalue weighted by molar-refractivity contribution is -0.138. The summed E-state index contributed by atoms with van der Waals surface area (Å²) in [7, 11) is 0. The molecule has 1 fully saturated rings. The van der Waals surface area contributed by atoms with Crippen LogP contribution in [0.15, 0.2) is 60.7 Å². The molecule has 1 aliphatic carbocycles. The Bertz CT molecular complexity index is 1110. The maximum Gasteiger partial charge on any atom is 0.247 e. The van der Waals surface area contributed by atoms with Gasteiger partial charge >= 0.3 is 0 Å². The van der Waals surface area contributed by atoms with Gasteiger partial charge in [-0.3, -0.25) is 9.59 Å². The predicted octanol–water partition coefficient (Wildman–Crippen LogP) is 2.73. The number of amides is 2. The molecular formula is C24H25N5O2. The Morgan fingerprint density at radius 2 is 1.77 bits per heavy atom. The minimum absolute atomic E-state index is 0.0258. The second-order valence-electron chi connectivity index (χ2n) is 8.41. The normalized spacial score (nSPS) is 19.1. The van der Waals surface area contributed by atoms with Crippen molar-refractivity contribution in [2.75, 3.05) is 0 Å². The summed E-state index contributed by atoms with van der Waals surface area (Å²) in [6.07, 6.45) is 1.72. The van der Waals surface area contributed by atoms with Crippen molar-refractivity contribution in [1.82, 2.24) is 25.2 Å². The number of nitrogens with zero attached hydrogens (tertiary/aromatic N) is 4. The summed E-state index contributed by atoms with van der Waals surface area (Å²) in [6, 6.07) is 19.5. The summed E-state index contributed by atoms with van der Waals surface area (Å²) in [6.45, 7) is 3.12.